The van der Waals surface area contributed by atoms with Gasteiger partial charge in [0.25, 0.3) is 0 Å². The Morgan fingerprint density at radius 2 is 2.05 bits per heavy atom. The molecule has 0 aliphatic heterocycles. The zero-order valence-corrected chi connectivity index (χ0v) is 13.8. The zero-order valence-electron chi connectivity index (χ0n) is 12.2. The van der Waals surface area contributed by atoms with E-state index in [0.717, 1.165) is 24.2 Å². The molecule has 0 bridgehead atoms. The maximum atomic E-state index is 12.5. The first-order chi connectivity index (χ1) is 10.6. The molecule has 0 saturated heterocycles. The molecule has 22 heavy (non-hydrogen) atoms. The second kappa shape index (κ2) is 7.34. The summed E-state index contributed by atoms with van der Waals surface area (Å²) in [4.78, 5) is 12.8. The molecule has 1 heterocycles. The molecule has 2 rings (SSSR count). The lowest BCUT2D eigenvalue weighted by Gasteiger charge is -1.98. The van der Waals surface area contributed by atoms with Crippen LogP contribution in [0, 0.1) is 11.3 Å². The summed E-state index contributed by atoms with van der Waals surface area (Å²) in [5.41, 5.74) is 6.78. The van der Waals surface area contributed by atoms with E-state index in [1.807, 2.05) is 19.1 Å². The summed E-state index contributed by atoms with van der Waals surface area (Å²) in [5.74, 6) is 0.239. The molecule has 1 aromatic carbocycles. The number of hydrogen-bond donors (Lipinski definition) is 1. The molecule has 0 aliphatic rings. The van der Waals surface area contributed by atoms with Gasteiger partial charge in [-0.1, -0.05) is 43.7 Å². The predicted molar refractivity (Wildman–Crippen MR) is 89.5 cm³/mol. The number of thiophene rings is 1. The van der Waals surface area contributed by atoms with E-state index in [1.165, 1.54) is 0 Å². The van der Waals surface area contributed by atoms with E-state index in [-0.39, 0.29) is 17.0 Å². The van der Waals surface area contributed by atoms with Gasteiger partial charge in [-0.2, -0.15) is 5.26 Å². The molecule has 6 heteroatoms. The summed E-state index contributed by atoms with van der Waals surface area (Å²) < 4.78 is 12.7. The van der Waals surface area contributed by atoms with Gasteiger partial charge in [-0.15, -0.1) is 11.3 Å². The fraction of sp³-hybridized carbons (Fsp3) is 0.250. The van der Waals surface area contributed by atoms with Gasteiger partial charge in [-0.05, 0) is 6.42 Å². The Kier molecular flexibility index (Phi) is 5.47. The number of hydrogen-bond acceptors (Lipinski definition) is 5. The van der Waals surface area contributed by atoms with E-state index in [2.05, 4.69) is 0 Å². The maximum absolute atomic E-state index is 12.5. The van der Waals surface area contributed by atoms with Gasteiger partial charge in [0.05, 0.1) is 16.5 Å². The van der Waals surface area contributed by atoms with Crippen molar-refractivity contribution in [3.8, 4) is 6.07 Å². The maximum Gasteiger partial charge on any atom is 0.205 e. The highest BCUT2D eigenvalue weighted by Crippen LogP contribution is 2.35. The Morgan fingerprint density at radius 3 is 2.64 bits per heavy atom. The molecule has 114 valence electrons. The molecule has 4 nitrogen and oxygen atoms in total. The molecule has 0 amide bonds. The summed E-state index contributed by atoms with van der Waals surface area (Å²) >= 11 is 1.07. The Labute approximate surface area is 136 Å². The Morgan fingerprint density at radius 1 is 1.36 bits per heavy atom. The molecular formula is C16H16N2O2S2. The number of carbonyl (C=O) groups is 1. The van der Waals surface area contributed by atoms with Crippen LogP contribution in [0.25, 0.3) is 0 Å². The van der Waals surface area contributed by atoms with Crippen LogP contribution in [-0.2, 0) is 10.8 Å². The first-order valence-corrected chi connectivity index (χ1v) is 9.04. The number of unbranched alkanes of at least 4 members (excludes halogenated alkanes) is 1. The molecule has 1 aromatic heterocycles. The van der Waals surface area contributed by atoms with Crippen molar-refractivity contribution in [3.63, 3.8) is 0 Å². The van der Waals surface area contributed by atoms with Gasteiger partial charge >= 0.3 is 0 Å². The van der Waals surface area contributed by atoms with Gasteiger partial charge in [0.1, 0.15) is 20.7 Å². The number of nitrogen functional groups attached to an aromatic ring is 1. The lowest BCUT2D eigenvalue weighted by atomic mass is 10.1. The molecule has 2 aromatic rings. The van der Waals surface area contributed by atoms with Crippen molar-refractivity contribution < 1.29 is 9.00 Å². The van der Waals surface area contributed by atoms with Crippen LogP contribution in [-0.4, -0.2) is 15.7 Å². The minimum Gasteiger partial charge on any atom is -0.396 e. The lowest BCUT2D eigenvalue weighted by Crippen LogP contribution is -2.02. The van der Waals surface area contributed by atoms with Crippen LogP contribution in [0.15, 0.2) is 34.5 Å². The van der Waals surface area contributed by atoms with Gasteiger partial charge in [0.2, 0.25) is 5.78 Å². The van der Waals surface area contributed by atoms with Crippen molar-refractivity contribution in [2.24, 2.45) is 0 Å². The summed E-state index contributed by atoms with van der Waals surface area (Å²) in [7, 11) is -1.29. The van der Waals surface area contributed by atoms with Crippen molar-refractivity contribution >= 4 is 33.6 Å². The summed E-state index contributed by atoms with van der Waals surface area (Å²) in [6.07, 6.45) is 1.72. The monoisotopic (exact) mass is 332 g/mol. The number of benzene rings is 1. The van der Waals surface area contributed by atoms with Crippen molar-refractivity contribution in [2.75, 3.05) is 11.5 Å². The van der Waals surface area contributed by atoms with Gasteiger partial charge in [-0.25, -0.2) is 0 Å². The minimum absolute atomic E-state index is 0.140. The van der Waals surface area contributed by atoms with Crippen molar-refractivity contribution in [1.29, 1.82) is 5.26 Å². The number of nitrogens with zero attached hydrogens (tertiary/aromatic N) is 1. The Hall–Kier alpha value is -1.97. The Bertz CT molecular complexity index is 745. The number of carbonyl (C=O) groups excluding carboxylic acids is 1. The van der Waals surface area contributed by atoms with Crippen LogP contribution in [0.4, 0.5) is 5.69 Å². The molecule has 0 radical (unpaired) electrons. The molecule has 0 fully saturated rings. The smallest absolute Gasteiger partial charge is 0.205 e. The van der Waals surface area contributed by atoms with Crippen molar-refractivity contribution in [1.82, 2.24) is 0 Å². The van der Waals surface area contributed by atoms with Crippen molar-refractivity contribution in [3.05, 3.63) is 46.3 Å². The second-order valence-corrected chi connectivity index (χ2v) is 7.50. The fourth-order valence-electron chi connectivity index (χ4n) is 1.95. The van der Waals surface area contributed by atoms with Gasteiger partial charge < -0.3 is 5.73 Å². The summed E-state index contributed by atoms with van der Waals surface area (Å²) in [6.45, 7) is 2.01. The topological polar surface area (TPSA) is 83.9 Å². The molecule has 1 unspecified atom stereocenters. The third-order valence-corrected chi connectivity index (χ3v) is 6.24. The van der Waals surface area contributed by atoms with Crippen LogP contribution in [0.5, 0.6) is 0 Å². The first kappa shape index (κ1) is 16.4. The predicted octanol–water partition coefficient (Wildman–Crippen LogP) is 3.34. The van der Waals surface area contributed by atoms with Crippen LogP contribution in [0.2, 0.25) is 0 Å². The van der Waals surface area contributed by atoms with Gasteiger partial charge in [0, 0.05) is 11.3 Å². The quantitative estimate of drug-likeness (QED) is 0.822. The molecule has 2 N–H and O–H groups in total. The summed E-state index contributed by atoms with van der Waals surface area (Å²) in [6, 6.07) is 10.7. The molecule has 0 saturated carbocycles. The van der Waals surface area contributed by atoms with E-state index >= 15 is 0 Å². The van der Waals surface area contributed by atoms with Crippen LogP contribution >= 0.6 is 11.3 Å². The largest absolute Gasteiger partial charge is 0.396 e. The highest BCUT2D eigenvalue weighted by atomic mass is 32.2. The minimum atomic E-state index is -1.29. The normalized spacial score (nSPS) is 11.8. The zero-order chi connectivity index (χ0) is 16.1. The number of anilines is 1. The first-order valence-electron chi connectivity index (χ1n) is 6.90. The van der Waals surface area contributed by atoms with Gasteiger partial charge in [-0.3, -0.25) is 9.00 Å². The van der Waals surface area contributed by atoms with Gasteiger partial charge in [0.15, 0.2) is 0 Å². The highest BCUT2D eigenvalue weighted by Gasteiger charge is 2.24. The molecular weight excluding hydrogens is 316 g/mol. The van der Waals surface area contributed by atoms with E-state index in [1.54, 1.807) is 24.3 Å². The number of rotatable bonds is 6. The number of nitrogens with two attached hydrogens (primary N) is 1. The van der Waals surface area contributed by atoms with E-state index in [0.29, 0.717) is 20.4 Å². The average Bonchev–Trinajstić information content (AvgIpc) is 2.89. The highest BCUT2D eigenvalue weighted by molar-refractivity contribution is 7.87. The van der Waals surface area contributed by atoms with E-state index in [9.17, 15) is 14.3 Å². The molecule has 0 spiro atoms. The van der Waals surface area contributed by atoms with Crippen LogP contribution in [0.1, 0.15) is 40.6 Å². The average molecular weight is 332 g/mol. The van der Waals surface area contributed by atoms with Crippen LogP contribution in [0.3, 0.4) is 0 Å². The number of nitriles is 1. The second-order valence-electron chi connectivity index (χ2n) is 4.72. The number of ketones is 1. The fourth-order valence-corrected chi connectivity index (χ4v) is 4.80. The SMILES string of the molecule is CCCCS(=O)c1sc(C(=O)c2ccccc2)c(N)c1C#N. The van der Waals surface area contributed by atoms with E-state index < -0.39 is 10.8 Å². The summed E-state index contributed by atoms with van der Waals surface area (Å²) in [5, 5.41) is 9.27. The molecule has 1 atom stereocenters. The Balaban J connectivity index is 2.42. The standard InChI is InChI=1S/C16H16N2O2S2/c1-2-3-9-22(20)16-12(10-17)13(18)15(21-16)14(19)11-7-5-4-6-8-11/h4-8H,2-3,9,18H2,1H3. The molecule has 0 aliphatic carbocycles. The van der Waals surface area contributed by atoms with E-state index in [4.69, 9.17) is 5.73 Å². The lowest BCUT2D eigenvalue weighted by molar-refractivity contribution is 0.104. The third kappa shape index (κ3) is 3.26. The van der Waals surface area contributed by atoms with Crippen LogP contribution < -0.4 is 5.73 Å². The third-order valence-electron chi connectivity index (χ3n) is 3.16. The van der Waals surface area contributed by atoms with Crippen molar-refractivity contribution in [2.45, 2.75) is 24.0 Å².